The van der Waals surface area contributed by atoms with Gasteiger partial charge in [0.05, 0.1) is 19.1 Å². The molecule has 4 nitrogen and oxygen atoms in total. The third-order valence-corrected chi connectivity index (χ3v) is 4.38. The second kappa shape index (κ2) is 11.7. The summed E-state index contributed by atoms with van der Waals surface area (Å²) in [6.45, 7) is 10.1. The molecular formula is C18H35NO3. The molecule has 0 saturated heterocycles. The Morgan fingerprint density at radius 3 is 2.23 bits per heavy atom. The van der Waals surface area contributed by atoms with Crippen LogP contribution in [0.15, 0.2) is 12.2 Å². The Morgan fingerprint density at radius 1 is 1.23 bits per heavy atom. The predicted molar refractivity (Wildman–Crippen MR) is 89.2 cm³/mol. The lowest BCUT2D eigenvalue weighted by Gasteiger charge is -2.46. The van der Waals surface area contributed by atoms with Gasteiger partial charge >= 0.3 is 0 Å². The number of carboxylic acids is 1. The molecule has 0 aliphatic rings. The number of nitrogens with zero attached hydrogens (tertiary/aromatic N) is 1. The van der Waals surface area contributed by atoms with Crippen LogP contribution in [0.5, 0.6) is 0 Å². The number of aliphatic carboxylic acids is 1. The maximum atomic E-state index is 11.6. The van der Waals surface area contributed by atoms with E-state index in [-0.39, 0.29) is 0 Å². The van der Waals surface area contributed by atoms with Crippen molar-refractivity contribution in [3.8, 4) is 0 Å². The first-order valence-corrected chi connectivity index (χ1v) is 8.83. The summed E-state index contributed by atoms with van der Waals surface area (Å²) in [7, 11) is 0. The number of hydrogen-bond donors (Lipinski definition) is 1. The van der Waals surface area contributed by atoms with E-state index in [1.807, 2.05) is 19.9 Å². The van der Waals surface area contributed by atoms with Crippen molar-refractivity contribution in [1.82, 2.24) is 0 Å². The third kappa shape index (κ3) is 6.93. The summed E-state index contributed by atoms with van der Waals surface area (Å²) < 4.78 is 0.455. The second-order valence-electron chi connectivity index (χ2n) is 6.25. The highest BCUT2D eigenvalue weighted by Gasteiger charge is 2.37. The molecular weight excluding hydrogens is 278 g/mol. The van der Waals surface area contributed by atoms with Crippen LogP contribution in [0.25, 0.3) is 0 Å². The highest BCUT2D eigenvalue weighted by Crippen LogP contribution is 2.21. The molecule has 1 N–H and O–H groups in total. The van der Waals surface area contributed by atoms with Gasteiger partial charge in [0, 0.05) is 6.42 Å². The molecule has 0 aliphatic heterocycles. The van der Waals surface area contributed by atoms with E-state index in [1.165, 1.54) is 0 Å². The molecule has 0 aromatic heterocycles. The lowest BCUT2D eigenvalue weighted by Crippen LogP contribution is -2.64. The largest absolute Gasteiger partial charge is 0.544 e. The molecule has 0 heterocycles. The molecule has 0 radical (unpaired) electrons. The molecule has 0 rings (SSSR count). The third-order valence-electron chi connectivity index (χ3n) is 4.38. The smallest absolute Gasteiger partial charge is 0.129 e. The lowest BCUT2D eigenvalue weighted by atomic mass is 10.0. The zero-order chi connectivity index (χ0) is 17.0. The maximum Gasteiger partial charge on any atom is 0.129 e. The SMILES string of the molecule is C/C=C/CCCC(O)C[N+](CCC)(CCC)C(CC)C(=O)[O-]. The second-order valence-corrected chi connectivity index (χ2v) is 6.25. The minimum absolute atomic E-state index is 0.447. The summed E-state index contributed by atoms with van der Waals surface area (Å²) in [5.41, 5.74) is 0. The van der Waals surface area contributed by atoms with E-state index < -0.39 is 18.1 Å². The van der Waals surface area contributed by atoms with Gasteiger partial charge in [-0.1, -0.05) is 32.9 Å². The predicted octanol–water partition coefficient (Wildman–Crippen LogP) is 2.26. The van der Waals surface area contributed by atoms with Gasteiger partial charge in [0.25, 0.3) is 0 Å². The van der Waals surface area contributed by atoms with Crippen LogP contribution >= 0.6 is 0 Å². The fourth-order valence-electron chi connectivity index (χ4n) is 3.55. The number of quaternary nitrogens is 1. The highest BCUT2D eigenvalue weighted by atomic mass is 16.4. The van der Waals surface area contributed by atoms with Crippen LogP contribution in [0.1, 0.15) is 66.2 Å². The van der Waals surface area contributed by atoms with E-state index in [0.29, 0.717) is 17.4 Å². The zero-order valence-electron chi connectivity index (χ0n) is 14.9. The van der Waals surface area contributed by atoms with E-state index >= 15 is 0 Å². The summed E-state index contributed by atoms with van der Waals surface area (Å²) in [5, 5.41) is 22.0. The fraction of sp³-hybridized carbons (Fsp3) is 0.833. The quantitative estimate of drug-likeness (QED) is 0.322. The number of carboxylic acid groups (broad SMARTS) is 1. The van der Waals surface area contributed by atoms with E-state index in [0.717, 1.165) is 45.2 Å². The Morgan fingerprint density at radius 2 is 1.82 bits per heavy atom. The Labute approximate surface area is 136 Å². The van der Waals surface area contributed by atoms with Crippen LogP contribution in [-0.2, 0) is 4.79 Å². The molecule has 0 spiro atoms. The first-order valence-electron chi connectivity index (χ1n) is 8.83. The lowest BCUT2D eigenvalue weighted by molar-refractivity contribution is -0.948. The number of aliphatic hydroxyl groups excluding tert-OH is 1. The molecule has 4 heteroatoms. The minimum Gasteiger partial charge on any atom is -0.544 e. The average Bonchev–Trinajstić information content (AvgIpc) is 2.44. The van der Waals surface area contributed by atoms with Crippen molar-refractivity contribution in [3.63, 3.8) is 0 Å². The normalized spacial score (nSPS) is 15.1. The van der Waals surface area contributed by atoms with E-state index in [9.17, 15) is 15.0 Å². The molecule has 0 fully saturated rings. The van der Waals surface area contributed by atoms with E-state index in [1.54, 1.807) is 0 Å². The number of unbranched alkanes of at least 4 members (excludes halogenated alkanes) is 1. The van der Waals surface area contributed by atoms with Gasteiger partial charge in [-0.15, -0.1) is 0 Å². The Kier molecular flexibility index (Phi) is 11.2. The molecule has 2 unspecified atom stereocenters. The highest BCUT2D eigenvalue weighted by molar-refractivity contribution is 5.69. The topological polar surface area (TPSA) is 60.4 Å². The number of carbonyl (C=O) groups is 1. The van der Waals surface area contributed by atoms with E-state index in [4.69, 9.17) is 0 Å². The summed E-state index contributed by atoms with van der Waals surface area (Å²) in [5.74, 6) is -0.981. The van der Waals surface area contributed by atoms with Gasteiger partial charge in [-0.2, -0.15) is 0 Å². The maximum absolute atomic E-state index is 11.6. The molecule has 0 aromatic rings. The first kappa shape index (κ1) is 21.1. The van der Waals surface area contributed by atoms with Crippen molar-refractivity contribution >= 4 is 5.97 Å². The number of carbonyl (C=O) groups excluding carboxylic acids is 1. The van der Waals surface area contributed by atoms with Gasteiger partial charge in [-0.3, -0.25) is 0 Å². The Hall–Kier alpha value is -0.870. The summed E-state index contributed by atoms with van der Waals surface area (Å²) in [4.78, 5) is 11.6. The van der Waals surface area contributed by atoms with E-state index in [2.05, 4.69) is 19.9 Å². The van der Waals surface area contributed by atoms with Crippen LogP contribution in [0.3, 0.4) is 0 Å². The van der Waals surface area contributed by atoms with Crippen LogP contribution in [0, 0.1) is 0 Å². The van der Waals surface area contributed by atoms with Crippen molar-refractivity contribution in [2.24, 2.45) is 0 Å². The minimum atomic E-state index is -0.981. The molecule has 0 aromatic carbocycles. The Bertz CT molecular complexity index is 322. The van der Waals surface area contributed by atoms with Crippen LogP contribution in [0.4, 0.5) is 0 Å². The fourth-order valence-corrected chi connectivity index (χ4v) is 3.55. The van der Waals surface area contributed by atoms with Crippen LogP contribution < -0.4 is 5.11 Å². The van der Waals surface area contributed by atoms with Gasteiger partial charge in [-0.25, -0.2) is 0 Å². The van der Waals surface area contributed by atoms with Gasteiger partial charge in [0.15, 0.2) is 0 Å². The van der Waals surface area contributed by atoms with Crippen molar-refractivity contribution < 1.29 is 19.5 Å². The van der Waals surface area contributed by atoms with Gasteiger partial charge in [0.2, 0.25) is 0 Å². The standard InChI is InChI=1S/C18H35NO3/c1-5-9-10-11-12-16(20)15-19(13-6-2,14-7-3)17(8-4)18(21)22/h5,9,16-17,20H,6-8,10-15H2,1-4H3/b9-5+. The number of hydrogen-bond acceptors (Lipinski definition) is 3. The summed E-state index contributed by atoms with van der Waals surface area (Å²) >= 11 is 0. The van der Waals surface area contributed by atoms with Crippen LogP contribution in [-0.4, -0.2) is 47.3 Å². The van der Waals surface area contributed by atoms with Gasteiger partial charge in [-0.05, 0) is 39.0 Å². The first-order chi connectivity index (χ1) is 10.5. The van der Waals surface area contributed by atoms with Gasteiger partial charge < -0.3 is 19.5 Å². The molecule has 22 heavy (non-hydrogen) atoms. The van der Waals surface area contributed by atoms with Crippen molar-refractivity contribution in [2.45, 2.75) is 78.4 Å². The van der Waals surface area contributed by atoms with Crippen molar-refractivity contribution in [1.29, 1.82) is 0 Å². The number of allylic oxidation sites excluding steroid dienone is 2. The molecule has 0 bridgehead atoms. The van der Waals surface area contributed by atoms with Crippen LogP contribution in [0.2, 0.25) is 0 Å². The molecule has 0 amide bonds. The number of rotatable bonds is 13. The summed E-state index contributed by atoms with van der Waals surface area (Å²) in [6, 6.07) is -0.523. The molecule has 2 atom stereocenters. The van der Waals surface area contributed by atoms with Gasteiger partial charge in [0.1, 0.15) is 18.7 Å². The van der Waals surface area contributed by atoms with Crippen molar-refractivity contribution in [2.75, 3.05) is 19.6 Å². The monoisotopic (exact) mass is 313 g/mol. The number of aliphatic hydroxyl groups is 1. The Balaban J connectivity index is 4.99. The zero-order valence-corrected chi connectivity index (χ0v) is 14.9. The molecule has 0 aliphatic carbocycles. The van der Waals surface area contributed by atoms with Crippen molar-refractivity contribution in [3.05, 3.63) is 12.2 Å². The molecule has 130 valence electrons. The molecule has 0 saturated carbocycles. The summed E-state index contributed by atoms with van der Waals surface area (Å²) in [6.07, 6.45) is 8.67. The average molecular weight is 313 g/mol.